The first-order valence-electron chi connectivity index (χ1n) is 7.41. The molecule has 1 atom stereocenters. The third-order valence-electron chi connectivity index (χ3n) is 4.34. The Labute approximate surface area is 129 Å². The van der Waals surface area contributed by atoms with Gasteiger partial charge in [0.05, 0.1) is 22.8 Å². The number of aromatic nitrogens is 1. The smallest absolute Gasteiger partial charge is 0.292 e. The molecule has 1 N–H and O–H groups in total. The van der Waals surface area contributed by atoms with E-state index < -0.39 is 4.92 Å². The maximum Gasteiger partial charge on any atom is 0.292 e. The number of nitro groups is 1. The van der Waals surface area contributed by atoms with Gasteiger partial charge in [-0.15, -0.1) is 0 Å². The van der Waals surface area contributed by atoms with E-state index in [-0.39, 0.29) is 23.2 Å². The maximum absolute atomic E-state index is 12.4. The predicted molar refractivity (Wildman–Crippen MR) is 83.7 cm³/mol. The third kappa shape index (κ3) is 3.24. The highest BCUT2D eigenvalue weighted by Crippen LogP contribution is 2.30. The number of nitrogens with zero attached hydrogens (tertiary/aromatic N) is 3. The average Bonchev–Trinajstić information content (AvgIpc) is 2.79. The number of hydrogen-bond acceptors (Lipinski definition) is 5. The van der Waals surface area contributed by atoms with Gasteiger partial charge in [0.2, 0.25) is 5.91 Å². The molecule has 1 aliphatic heterocycles. The molecule has 22 heavy (non-hydrogen) atoms. The van der Waals surface area contributed by atoms with E-state index >= 15 is 0 Å². The van der Waals surface area contributed by atoms with E-state index in [1.807, 2.05) is 6.92 Å². The molecule has 1 aromatic rings. The second-order valence-corrected chi connectivity index (χ2v) is 6.36. The molecule has 1 unspecified atom stereocenters. The van der Waals surface area contributed by atoms with Crippen LogP contribution in [0.2, 0.25) is 0 Å². The van der Waals surface area contributed by atoms with Crippen LogP contribution in [0.3, 0.4) is 0 Å². The Bertz CT molecular complexity index is 600. The lowest BCUT2D eigenvalue weighted by Crippen LogP contribution is -2.49. The molecule has 0 aliphatic carbocycles. The number of hydrogen-bond donors (Lipinski definition) is 1. The summed E-state index contributed by atoms with van der Waals surface area (Å²) in [5.41, 5.74) is 0.587. The Morgan fingerprint density at radius 2 is 2.23 bits per heavy atom. The highest BCUT2D eigenvalue weighted by Gasteiger charge is 2.37. The van der Waals surface area contributed by atoms with E-state index in [2.05, 4.69) is 29.0 Å². The normalized spacial score (nSPS) is 18.9. The second-order valence-electron chi connectivity index (χ2n) is 6.36. The van der Waals surface area contributed by atoms with Crippen LogP contribution in [-0.2, 0) is 4.79 Å². The van der Waals surface area contributed by atoms with Crippen LogP contribution in [0.25, 0.3) is 0 Å². The van der Waals surface area contributed by atoms with Crippen LogP contribution in [0.5, 0.6) is 0 Å². The quantitative estimate of drug-likeness (QED) is 0.682. The SMILES string of the molecule is Cc1ncc(NC(=O)C(C)N2CCCC2(C)C)cc1[N+](=O)[O-]. The summed E-state index contributed by atoms with van der Waals surface area (Å²) in [6.07, 6.45) is 3.58. The van der Waals surface area contributed by atoms with Crippen molar-refractivity contribution in [2.75, 3.05) is 11.9 Å². The lowest BCUT2D eigenvalue weighted by molar-refractivity contribution is -0.385. The molecule has 2 rings (SSSR count). The molecule has 0 radical (unpaired) electrons. The van der Waals surface area contributed by atoms with Gasteiger partial charge in [0.15, 0.2) is 0 Å². The molecule has 1 amide bonds. The van der Waals surface area contributed by atoms with Crippen molar-refractivity contribution in [1.82, 2.24) is 9.88 Å². The molecule has 120 valence electrons. The van der Waals surface area contributed by atoms with E-state index in [9.17, 15) is 14.9 Å². The molecule has 1 saturated heterocycles. The second kappa shape index (κ2) is 6.00. The number of anilines is 1. The molecule has 0 spiro atoms. The topological polar surface area (TPSA) is 88.4 Å². The zero-order valence-electron chi connectivity index (χ0n) is 13.4. The first-order valence-corrected chi connectivity index (χ1v) is 7.41. The van der Waals surface area contributed by atoms with Crippen molar-refractivity contribution in [2.24, 2.45) is 0 Å². The number of pyridine rings is 1. The lowest BCUT2D eigenvalue weighted by Gasteiger charge is -2.35. The van der Waals surface area contributed by atoms with Gasteiger partial charge in [-0.2, -0.15) is 0 Å². The molecule has 7 heteroatoms. The minimum atomic E-state index is -0.495. The van der Waals surface area contributed by atoms with Gasteiger partial charge in [0, 0.05) is 11.6 Å². The summed E-state index contributed by atoms with van der Waals surface area (Å²) < 4.78 is 0. The van der Waals surface area contributed by atoms with Crippen molar-refractivity contribution < 1.29 is 9.72 Å². The fourth-order valence-corrected chi connectivity index (χ4v) is 3.01. The monoisotopic (exact) mass is 306 g/mol. The summed E-state index contributed by atoms with van der Waals surface area (Å²) in [5.74, 6) is -0.171. The van der Waals surface area contributed by atoms with Crippen molar-refractivity contribution in [3.05, 3.63) is 28.1 Å². The molecule has 2 heterocycles. The van der Waals surface area contributed by atoms with Crippen LogP contribution < -0.4 is 5.32 Å². The van der Waals surface area contributed by atoms with Crippen LogP contribution in [0.1, 0.15) is 39.3 Å². The van der Waals surface area contributed by atoms with Crippen molar-refractivity contribution in [1.29, 1.82) is 0 Å². The predicted octanol–water partition coefficient (Wildman–Crippen LogP) is 2.50. The standard InChI is InChI=1S/C15H22N4O3/c1-10-13(19(21)22)8-12(9-16-10)17-14(20)11(2)18-7-5-6-15(18,3)4/h8-9,11H,5-7H2,1-4H3,(H,17,20). The third-order valence-corrected chi connectivity index (χ3v) is 4.34. The minimum absolute atomic E-state index is 0.00568. The largest absolute Gasteiger partial charge is 0.323 e. The Hall–Kier alpha value is -2.02. The van der Waals surface area contributed by atoms with E-state index in [1.54, 1.807) is 6.92 Å². The van der Waals surface area contributed by atoms with Gasteiger partial charge in [-0.1, -0.05) is 0 Å². The van der Waals surface area contributed by atoms with E-state index in [0.29, 0.717) is 11.4 Å². The molecular formula is C15H22N4O3. The molecule has 0 bridgehead atoms. The summed E-state index contributed by atoms with van der Waals surface area (Å²) in [6, 6.07) is 1.06. The van der Waals surface area contributed by atoms with Crippen molar-refractivity contribution in [2.45, 2.75) is 52.1 Å². The molecular weight excluding hydrogens is 284 g/mol. The zero-order valence-corrected chi connectivity index (χ0v) is 13.4. The molecule has 0 saturated carbocycles. The van der Waals surface area contributed by atoms with Gasteiger partial charge in [0.1, 0.15) is 5.69 Å². The molecule has 1 fully saturated rings. The Morgan fingerprint density at radius 3 is 2.77 bits per heavy atom. The first-order chi connectivity index (χ1) is 10.2. The number of aryl methyl sites for hydroxylation is 1. The summed E-state index contributed by atoms with van der Waals surface area (Å²) >= 11 is 0. The van der Waals surface area contributed by atoms with Crippen LogP contribution in [0.15, 0.2) is 12.3 Å². The maximum atomic E-state index is 12.4. The van der Waals surface area contributed by atoms with Gasteiger partial charge in [-0.25, -0.2) is 0 Å². The fourth-order valence-electron chi connectivity index (χ4n) is 3.01. The Morgan fingerprint density at radius 1 is 1.55 bits per heavy atom. The van der Waals surface area contributed by atoms with E-state index in [4.69, 9.17) is 0 Å². The number of carbonyl (C=O) groups is 1. The van der Waals surface area contributed by atoms with Crippen LogP contribution in [-0.4, -0.2) is 38.8 Å². The number of rotatable bonds is 4. The number of carbonyl (C=O) groups excluding carboxylic acids is 1. The summed E-state index contributed by atoms with van der Waals surface area (Å²) in [4.78, 5) is 29.0. The Balaban J connectivity index is 2.12. The highest BCUT2D eigenvalue weighted by molar-refractivity contribution is 5.94. The zero-order chi connectivity index (χ0) is 16.5. The summed E-state index contributed by atoms with van der Waals surface area (Å²) in [6.45, 7) is 8.57. The van der Waals surface area contributed by atoms with Gasteiger partial charge in [-0.3, -0.25) is 24.8 Å². The number of nitrogens with one attached hydrogen (secondary N) is 1. The molecule has 0 aromatic carbocycles. The van der Waals surface area contributed by atoms with Crippen LogP contribution in [0, 0.1) is 17.0 Å². The molecule has 1 aromatic heterocycles. The van der Waals surface area contributed by atoms with Crippen molar-refractivity contribution in [3.63, 3.8) is 0 Å². The minimum Gasteiger partial charge on any atom is -0.323 e. The van der Waals surface area contributed by atoms with Gasteiger partial charge in [-0.05, 0) is 47.1 Å². The van der Waals surface area contributed by atoms with E-state index in [0.717, 1.165) is 19.4 Å². The number of amides is 1. The van der Waals surface area contributed by atoms with Crippen molar-refractivity contribution >= 4 is 17.3 Å². The summed E-state index contributed by atoms with van der Waals surface area (Å²) in [5, 5.41) is 13.7. The van der Waals surface area contributed by atoms with Crippen LogP contribution >= 0.6 is 0 Å². The van der Waals surface area contributed by atoms with Gasteiger partial charge < -0.3 is 5.32 Å². The Kier molecular flexibility index (Phi) is 4.46. The van der Waals surface area contributed by atoms with Gasteiger partial charge >= 0.3 is 0 Å². The van der Waals surface area contributed by atoms with Gasteiger partial charge in [0.25, 0.3) is 5.69 Å². The van der Waals surface area contributed by atoms with Crippen LogP contribution in [0.4, 0.5) is 11.4 Å². The highest BCUT2D eigenvalue weighted by atomic mass is 16.6. The fraction of sp³-hybridized carbons (Fsp3) is 0.600. The number of likely N-dealkylation sites (tertiary alicyclic amines) is 1. The van der Waals surface area contributed by atoms with E-state index in [1.165, 1.54) is 12.3 Å². The van der Waals surface area contributed by atoms with Crippen molar-refractivity contribution in [3.8, 4) is 0 Å². The lowest BCUT2D eigenvalue weighted by atomic mass is 10.0. The molecule has 7 nitrogen and oxygen atoms in total. The average molecular weight is 306 g/mol. The summed E-state index contributed by atoms with van der Waals surface area (Å²) in [7, 11) is 0. The molecule has 1 aliphatic rings. The first kappa shape index (κ1) is 16.4.